The number of carbonyl (C=O) groups excluding carboxylic acids is 1. The van der Waals surface area contributed by atoms with E-state index in [0.717, 1.165) is 0 Å². The second-order valence-electron chi connectivity index (χ2n) is 5.41. The third-order valence-electron chi connectivity index (χ3n) is 3.56. The minimum absolute atomic E-state index is 0.259. The molecule has 0 bridgehead atoms. The second-order valence-corrected chi connectivity index (χ2v) is 7.15. The van der Waals surface area contributed by atoms with E-state index < -0.39 is 49.9 Å². The van der Waals surface area contributed by atoms with Gasteiger partial charge < -0.3 is 35.0 Å². The summed E-state index contributed by atoms with van der Waals surface area (Å²) in [5.41, 5.74) is 0.994. The summed E-state index contributed by atoms with van der Waals surface area (Å²) in [7, 11) is -2.86. The van der Waals surface area contributed by atoms with E-state index in [0.29, 0.717) is 0 Å². The maximum atomic E-state index is 13.6. The Hall–Kier alpha value is -0.615. The molecule has 9 nitrogen and oxygen atoms in total. The molecule has 0 aromatic rings. The molecule has 140 valence electrons. The average Bonchev–Trinajstić information content (AvgIpc) is 2.75. The van der Waals surface area contributed by atoms with Crippen LogP contribution in [0.1, 0.15) is 6.42 Å². The Labute approximate surface area is 138 Å². The van der Waals surface area contributed by atoms with Crippen molar-refractivity contribution in [1.29, 1.82) is 0 Å². The van der Waals surface area contributed by atoms with Crippen molar-refractivity contribution in [1.82, 2.24) is 5.32 Å². The van der Waals surface area contributed by atoms with Crippen molar-refractivity contribution in [3.8, 4) is 0 Å². The highest BCUT2D eigenvalue weighted by molar-refractivity contribution is 7.53. The molecular weight excluding hydrogens is 352 g/mol. The van der Waals surface area contributed by atoms with E-state index in [9.17, 15) is 18.1 Å². The molecule has 5 N–H and O–H groups in total. The fourth-order valence-electron chi connectivity index (χ4n) is 2.39. The van der Waals surface area contributed by atoms with Gasteiger partial charge in [0.15, 0.2) is 0 Å². The minimum Gasteiger partial charge on any atom is -0.378 e. The third-order valence-corrected chi connectivity index (χ3v) is 4.60. The van der Waals surface area contributed by atoms with Crippen molar-refractivity contribution >= 4 is 21.3 Å². The highest BCUT2D eigenvalue weighted by Crippen LogP contribution is 2.56. The summed E-state index contributed by atoms with van der Waals surface area (Å²) in [6, 6.07) is -0.699. The Morgan fingerprint density at radius 1 is 1.46 bits per heavy atom. The van der Waals surface area contributed by atoms with E-state index in [2.05, 4.69) is 5.32 Å². The standard InChI is InChI=1S/C11H22BF2N2O7P/c1-21-8-6(4-11(13,14)24(18,19)20)23-10(12)9(8)22-5-7(17)16-3-2-15/h6,8-10H,2-5,12,15H2,1H3,(H,16,17)(H2,18,19,20)/t6-,8-,9-,10-/m1/s1. The van der Waals surface area contributed by atoms with Gasteiger partial charge in [0.25, 0.3) is 0 Å². The SMILES string of the molecule is B[C@@H]1O[C@H](CC(F)(F)P(=O)(O)O)[C@@H](OC)[C@H]1OCC(=O)NCCN. The lowest BCUT2D eigenvalue weighted by molar-refractivity contribution is -0.130. The van der Waals surface area contributed by atoms with Gasteiger partial charge in [0.2, 0.25) is 5.91 Å². The van der Waals surface area contributed by atoms with Crippen LogP contribution < -0.4 is 11.1 Å². The van der Waals surface area contributed by atoms with Gasteiger partial charge in [0, 0.05) is 20.2 Å². The van der Waals surface area contributed by atoms with Gasteiger partial charge in [-0.3, -0.25) is 9.36 Å². The average molecular weight is 374 g/mol. The van der Waals surface area contributed by atoms with Crippen LogP contribution in [0, 0.1) is 0 Å². The number of nitrogens with two attached hydrogens (primary N) is 1. The van der Waals surface area contributed by atoms with Crippen molar-refractivity contribution in [3.63, 3.8) is 0 Å². The van der Waals surface area contributed by atoms with Crippen LogP contribution in [0.2, 0.25) is 0 Å². The van der Waals surface area contributed by atoms with Crippen LogP contribution in [-0.2, 0) is 23.6 Å². The summed E-state index contributed by atoms with van der Waals surface area (Å²) in [6.45, 7) is 0.179. The van der Waals surface area contributed by atoms with Gasteiger partial charge in [0.1, 0.15) is 26.7 Å². The van der Waals surface area contributed by atoms with Gasteiger partial charge in [-0.2, -0.15) is 8.78 Å². The molecule has 0 aromatic carbocycles. The number of nitrogens with one attached hydrogen (secondary N) is 1. The molecule has 1 aliphatic rings. The highest BCUT2D eigenvalue weighted by atomic mass is 31.2. The normalized spacial score (nSPS) is 28.1. The Morgan fingerprint density at radius 3 is 2.58 bits per heavy atom. The van der Waals surface area contributed by atoms with Crippen molar-refractivity contribution in [3.05, 3.63) is 0 Å². The molecule has 1 amide bonds. The van der Waals surface area contributed by atoms with Crippen LogP contribution in [0.15, 0.2) is 0 Å². The van der Waals surface area contributed by atoms with E-state index in [1.807, 2.05) is 0 Å². The van der Waals surface area contributed by atoms with Crippen LogP contribution >= 0.6 is 7.60 Å². The predicted octanol–water partition coefficient (Wildman–Crippen LogP) is -2.02. The lowest BCUT2D eigenvalue weighted by Crippen LogP contribution is -2.41. The maximum absolute atomic E-state index is 13.6. The van der Waals surface area contributed by atoms with Gasteiger partial charge in [-0.1, -0.05) is 0 Å². The zero-order chi connectivity index (χ0) is 18.5. The number of carbonyl (C=O) groups is 1. The Kier molecular flexibility index (Phi) is 7.73. The number of hydrogen-bond donors (Lipinski definition) is 4. The molecule has 1 aliphatic heterocycles. The summed E-state index contributed by atoms with van der Waals surface area (Å²) in [4.78, 5) is 29.0. The smallest absolute Gasteiger partial charge is 0.378 e. The molecular formula is C11H22BF2N2O7P. The fourth-order valence-corrected chi connectivity index (χ4v) is 2.80. The molecule has 24 heavy (non-hydrogen) atoms. The number of halogens is 2. The van der Waals surface area contributed by atoms with Gasteiger partial charge in [0.05, 0.1) is 18.5 Å². The van der Waals surface area contributed by atoms with Gasteiger partial charge >= 0.3 is 13.3 Å². The monoisotopic (exact) mass is 374 g/mol. The topological polar surface area (TPSA) is 140 Å². The number of methoxy groups -OCH3 is 1. The largest absolute Gasteiger partial charge is 0.394 e. The summed E-state index contributed by atoms with van der Waals surface area (Å²) in [6.07, 6.45) is -4.35. The van der Waals surface area contributed by atoms with Gasteiger partial charge in [-0.05, 0) is 0 Å². The summed E-state index contributed by atoms with van der Waals surface area (Å²) >= 11 is 0. The molecule has 13 heteroatoms. The lowest BCUT2D eigenvalue weighted by atomic mass is 9.92. The number of ether oxygens (including phenoxy) is 3. The van der Waals surface area contributed by atoms with Crippen molar-refractivity contribution < 1.29 is 42.1 Å². The summed E-state index contributed by atoms with van der Waals surface area (Å²) < 4.78 is 53.8. The fraction of sp³-hybridized carbons (Fsp3) is 0.909. The number of alkyl halides is 2. The molecule has 4 atom stereocenters. The molecule has 1 heterocycles. The first-order valence-electron chi connectivity index (χ1n) is 7.23. The van der Waals surface area contributed by atoms with E-state index in [4.69, 9.17) is 29.7 Å². The quantitative estimate of drug-likeness (QED) is 0.268. The highest BCUT2D eigenvalue weighted by Gasteiger charge is 2.55. The van der Waals surface area contributed by atoms with Gasteiger partial charge in [-0.25, -0.2) is 0 Å². The zero-order valence-corrected chi connectivity index (χ0v) is 14.2. The molecule has 0 aromatic heterocycles. The van der Waals surface area contributed by atoms with Crippen LogP contribution in [0.25, 0.3) is 0 Å². The van der Waals surface area contributed by atoms with Crippen LogP contribution in [0.5, 0.6) is 0 Å². The second kappa shape index (κ2) is 8.66. The Bertz CT molecular complexity index is 481. The summed E-state index contributed by atoms with van der Waals surface area (Å²) in [5, 5.41) is 2.48. The number of rotatable bonds is 9. The molecule has 0 spiro atoms. The van der Waals surface area contributed by atoms with E-state index >= 15 is 0 Å². The van der Waals surface area contributed by atoms with E-state index in [1.165, 1.54) is 15.0 Å². The third kappa shape index (κ3) is 5.45. The zero-order valence-electron chi connectivity index (χ0n) is 13.4. The molecule has 0 radical (unpaired) electrons. The molecule has 1 rings (SSSR count). The van der Waals surface area contributed by atoms with Crippen molar-refractivity contribution in [2.24, 2.45) is 5.73 Å². The minimum atomic E-state index is -5.63. The first kappa shape index (κ1) is 21.4. The van der Waals surface area contributed by atoms with E-state index in [1.54, 1.807) is 0 Å². The Morgan fingerprint density at radius 2 is 2.08 bits per heavy atom. The van der Waals surface area contributed by atoms with Crippen molar-refractivity contribution in [2.45, 2.75) is 36.4 Å². The number of amides is 1. The Balaban J connectivity index is 2.70. The lowest BCUT2D eigenvalue weighted by Gasteiger charge is -2.25. The van der Waals surface area contributed by atoms with Crippen molar-refractivity contribution in [2.75, 3.05) is 26.8 Å². The van der Waals surface area contributed by atoms with Crippen LogP contribution in [0.3, 0.4) is 0 Å². The molecule has 0 unspecified atom stereocenters. The first-order valence-corrected chi connectivity index (χ1v) is 8.84. The molecule has 1 saturated heterocycles. The predicted molar refractivity (Wildman–Crippen MR) is 81.4 cm³/mol. The van der Waals surface area contributed by atoms with E-state index in [-0.39, 0.29) is 19.7 Å². The number of hydrogen-bond acceptors (Lipinski definition) is 6. The maximum Gasteiger partial charge on any atom is 0.394 e. The summed E-state index contributed by atoms with van der Waals surface area (Å²) in [5.74, 6) is -0.438. The van der Waals surface area contributed by atoms with Gasteiger partial charge in [-0.15, -0.1) is 0 Å². The first-order chi connectivity index (χ1) is 11.0. The van der Waals surface area contributed by atoms with Crippen LogP contribution in [-0.4, -0.2) is 80.3 Å². The molecule has 0 saturated carbocycles. The molecule has 0 aliphatic carbocycles. The van der Waals surface area contributed by atoms with Crippen LogP contribution in [0.4, 0.5) is 8.78 Å². The molecule has 1 fully saturated rings.